The third kappa shape index (κ3) is 3.84. The molecule has 0 N–H and O–H groups in total. The highest BCUT2D eigenvalue weighted by molar-refractivity contribution is 5.30. The number of rotatable bonds is 5. The van der Waals surface area contributed by atoms with E-state index in [9.17, 15) is 4.39 Å². The highest BCUT2D eigenvalue weighted by atomic mass is 19.1. The minimum absolute atomic E-state index is 0.00773. The summed E-state index contributed by atoms with van der Waals surface area (Å²) in [6.07, 6.45) is 2.12. The minimum Gasteiger partial charge on any atom is -0.488 e. The average molecular weight is 224 g/mol. The van der Waals surface area contributed by atoms with Crippen LogP contribution in [0, 0.1) is 11.7 Å². The summed E-state index contributed by atoms with van der Waals surface area (Å²) in [5.41, 5.74) is 1.14. The Kier molecular flexibility index (Phi) is 4.78. The maximum atomic E-state index is 13.4. The van der Waals surface area contributed by atoms with Crippen molar-refractivity contribution in [2.45, 2.75) is 46.6 Å². The second-order valence-electron chi connectivity index (χ2n) is 4.65. The standard InChI is InChI=1S/C14H21FO/c1-5-11(4)8-12-6-7-13(15)14(9-12)16-10(2)3/h6-7,9-11H,5,8H2,1-4H3/t11-/m1/s1. The third-order valence-electron chi connectivity index (χ3n) is 2.64. The van der Waals surface area contributed by atoms with E-state index in [-0.39, 0.29) is 11.9 Å². The zero-order valence-corrected chi connectivity index (χ0v) is 10.6. The van der Waals surface area contributed by atoms with Crippen LogP contribution in [0.25, 0.3) is 0 Å². The van der Waals surface area contributed by atoms with E-state index in [2.05, 4.69) is 13.8 Å². The maximum Gasteiger partial charge on any atom is 0.165 e. The van der Waals surface area contributed by atoms with Crippen molar-refractivity contribution in [3.63, 3.8) is 0 Å². The molecule has 0 radical (unpaired) electrons. The minimum atomic E-state index is -0.276. The van der Waals surface area contributed by atoms with E-state index < -0.39 is 0 Å². The van der Waals surface area contributed by atoms with Crippen LogP contribution in [-0.4, -0.2) is 6.10 Å². The summed E-state index contributed by atoms with van der Waals surface area (Å²) < 4.78 is 18.9. The van der Waals surface area contributed by atoms with Crippen LogP contribution in [0.2, 0.25) is 0 Å². The fraction of sp³-hybridized carbons (Fsp3) is 0.571. The summed E-state index contributed by atoms with van der Waals surface area (Å²) in [6.45, 7) is 8.17. The lowest BCUT2D eigenvalue weighted by Crippen LogP contribution is -2.07. The fourth-order valence-electron chi connectivity index (χ4n) is 1.57. The van der Waals surface area contributed by atoms with Crippen molar-refractivity contribution in [3.05, 3.63) is 29.6 Å². The average Bonchev–Trinajstić information content (AvgIpc) is 2.22. The van der Waals surface area contributed by atoms with Gasteiger partial charge in [0.05, 0.1) is 6.10 Å². The van der Waals surface area contributed by atoms with Gasteiger partial charge in [0.25, 0.3) is 0 Å². The van der Waals surface area contributed by atoms with Gasteiger partial charge in [-0.1, -0.05) is 26.3 Å². The summed E-state index contributed by atoms with van der Waals surface area (Å²) >= 11 is 0. The second kappa shape index (κ2) is 5.88. The number of ether oxygens (including phenoxy) is 1. The predicted molar refractivity (Wildman–Crippen MR) is 65.3 cm³/mol. The fourth-order valence-corrected chi connectivity index (χ4v) is 1.57. The van der Waals surface area contributed by atoms with E-state index in [0.717, 1.165) is 18.4 Å². The van der Waals surface area contributed by atoms with Gasteiger partial charge in [-0.15, -0.1) is 0 Å². The number of hydrogen-bond acceptors (Lipinski definition) is 1. The molecule has 1 atom stereocenters. The van der Waals surface area contributed by atoms with Crippen LogP contribution < -0.4 is 4.74 Å². The quantitative estimate of drug-likeness (QED) is 0.728. The summed E-state index contributed by atoms with van der Waals surface area (Å²) in [4.78, 5) is 0. The van der Waals surface area contributed by atoms with Crippen molar-refractivity contribution in [1.82, 2.24) is 0 Å². The molecule has 0 saturated carbocycles. The molecule has 0 aliphatic rings. The molecule has 0 amide bonds. The van der Waals surface area contributed by atoms with E-state index in [1.165, 1.54) is 6.07 Å². The molecular weight excluding hydrogens is 203 g/mol. The lowest BCUT2D eigenvalue weighted by atomic mass is 9.99. The smallest absolute Gasteiger partial charge is 0.165 e. The first-order chi connectivity index (χ1) is 7.52. The van der Waals surface area contributed by atoms with Crippen LogP contribution >= 0.6 is 0 Å². The molecule has 0 bridgehead atoms. The molecule has 0 heterocycles. The molecule has 90 valence electrons. The highest BCUT2D eigenvalue weighted by Crippen LogP contribution is 2.22. The Morgan fingerprint density at radius 1 is 1.25 bits per heavy atom. The van der Waals surface area contributed by atoms with Gasteiger partial charge in [-0.3, -0.25) is 0 Å². The maximum absolute atomic E-state index is 13.4. The van der Waals surface area contributed by atoms with Gasteiger partial charge in [-0.2, -0.15) is 0 Å². The summed E-state index contributed by atoms with van der Waals surface area (Å²) in [7, 11) is 0. The molecule has 1 rings (SSSR count). The molecule has 0 spiro atoms. The van der Waals surface area contributed by atoms with Crippen LogP contribution in [0.1, 0.15) is 39.7 Å². The van der Waals surface area contributed by atoms with Crippen LogP contribution in [0.4, 0.5) is 4.39 Å². The molecular formula is C14H21FO. The molecule has 1 aromatic rings. The van der Waals surface area contributed by atoms with Gasteiger partial charge in [0, 0.05) is 0 Å². The second-order valence-corrected chi connectivity index (χ2v) is 4.65. The van der Waals surface area contributed by atoms with Gasteiger partial charge < -0.3 is 4.74 Å². The Balaban J connectivity index is 2.80. The number of halogens is 1. The SMILES string of the molecule is CC[C@@H](C)Cc1ccc(F)c(OC(C)C)c1. The molecule has 0 unspecified atom stereocenters. The van der Waals surface area contributed by atoms with Crippen LogP contribution in [-0.2, 0) is 6.42 Å². The predicted octanol–water partition coefficient (Wildman–Crippen LogP) is 4.20. The van der Waals surface area contributed by atoms with Gasteiger partial charge >= 0.3 is 0 Å². The van der Waals surface area contributed by atoms with Gasteiger partial charge in [-0.25, -0.2) is 4.39 Å². The summed E-state index contributed by atoms with van der Waals surface area (Å²) in [5, 5.41) is 0. The molecule has 16 heavy (non-hydrogen) atoms. The Morgan fingerprint density at radius 3 is 2.50 bits per heavy atom. The molecule has 0 saturated heterocycles. The Morgan fingerprint density at radius 2 is 1.94 bits per heavy atom. The summed E-state index contributed by atoms with van der Waals surface area (Å²) in [6, 6.07) is 5.16. The van der Waals surface area contributed by atoms with Gasteiger partial charge in [0.15, 0.2) is 11.6 Å². The lowest BCUT2D eigenvalue weighted by molar-refractivity contribution is 0.231. The normalized spacial score (nSPS) is 12.9. The first kappa shape index (κ1) is 13.0. The molecule has 0 fully saturated rings. The highest BCUT2D eigenvalue weighted by Gasteiger charge is 2.08. The van der Waals surface area contributed by atoms with Crippen LogP contribution in [0.5, 0.6) is 5.75 Å². The third-order valence-corrected chi connectivity index (χ3v) is 2.64. The van der Waals surface area contributed by atoms with Crippen LogP contribution in [0.15, 0.2) is 18.2 Å². The monoisotopic (exact) mass is 224 g/mol. The molecule has 0 aromatic heterocycles. The van der Waals surface area contributed by atoms with Crippen molar-refractivity contribution in [1.29, 1.82) is 0 Å². The van der Waals surface area contributed by atoms with Crippen molar-refractivity contribution in [3.8, 4) is 5.75 Å². The largest absolute Gasteiger partial charge is 0.488 e. The van der Waals surface area contributed by atoms with Crippen molar-refractivity contribution >= 4 is 0 Å². The van der Waals surface area contributed by atoms with Crippen molar-refractivity contribution in [2.75, 3.05) is 0 Å². The van der Waals surface area contributed by atoms with Gasteiger partial charge in [0.2, 0.25) is 0 Å². The Labute approximate surface area is 97.6 Å². The summed E-state index contributed by atoms with van der Waals surface area (Å²) in [5.74, 6) is 0.717. The molecule has 2 heteroatoms. The Hall–Kier alpha value is -1.05. The van der Waals surface area contributed by atoms with Crippen molar-refractivity contribution in [2.24, 2.45) is 5.92 Å². The van der Waals surface area contributed by atoms with Crippen LogP contribution in [0.3, 0.4) is 0 Å². The zero-order valence-electron chi connectivity index (χ0n) is 10.6. The van der Waals surface area contributed by atoms with Gasteiger partial charge in [-0.05, 0) is 43.9 Å². The number of benzene rings is 1. The van der Waals surface area contributed by atoms with E-state index in [1.54, 1.807) is 0 Å². The Bertz CT molecular complexity index is 334. The molecule has 0 aliphatic carbocycles. The van der Waals surface area contributed by atoms with E-state index >= 15 is 0 Å². The topological polar surface area (TPSA) is 9.23 Å². The molecule has 1 aromatic carbocycles. The molecule has 0 aliphatic heterocycles. The van der Waals surface area contributed by atoms with Gasteiger partial charge in [0.1, 0.15) is 0 Å². The molecule has 1 nitrogen and oxygen atoms in total. The first-order valence-corrected chi connectivity index (χ1v) is 5.98. The van der Waals surface area contributed by atoms with E-state index in [4.69, 9.17) is 4.74 Å². The zero-order chi connectivity index (χ0) is 12.1. The van der Waals surface area contributed by atoms with E-state index in [0.29, 0.717) is 11.7 Å². The van der Waals surface area contributed by atoms with E-state index in [1.807, 2.05) is 26.0 Å². The van der Waals surface area contributed by atoms with Crippen molar-refractivity contribution < 1.29 is 9.13 Å². The number of hydrogen-bond donors (Lipinski definition) is 0. The lowest BCUT2D eigenvalue weighted by Gasteiger charge is -2.13. The first-order valence-electron chi connectivity index (χ1n) is 5.98.